The Balaban J connectivity index is 2.53. The predicted octanol–water partition coefficient (Wildman–Crippen LogP) is 0.905. The number of sulfone groups is 1. The fourth-order valence-corrected chi connectivity index (χ4v) is 3.63. The van der Waals surface area contributed by atoms with Crippen molar-refractivity contribution in [2.45, 2.75) is 31.4 Å². The molecule has 0 aromatic rings. The van der Waals surface area contributed by atoms with E-state index in [4.69, 9.17) is 0 Å². The zero-order valence-electron chi connectivity index (χ0n) is 8.49. The first kappa shape index (κ1) is 11.0. The van der Waals surface area contributed by atoms with Gasteiger partial charge in [0.05, 0.1) is 11.0 Å². The number of hydrogen-bond acceptors (Lipinski definition) is 3. The van der Waals surface area contributed by atoms with Gasteiger partial charge >= 0.3 is 0 Å². The van der Waals surface area contributed by atoms with E-state index in [1.807, 2.05) is 14.0 Å². The monoisotopic (exact) mass is 205 g/mol. The average molecular weight is 205 g/mol. The van der Waals surface area contributed by atoms with Gasteiger partial charge < -0.3 is 4.90 Å². The lowest BCUT2D eigenvalue weighted by Gasteiger charge is -2.28. The molecule has 3 nitrogen and oxygen atoms in total. The van der Waals surface area contributed by atoms with Gasteiger partial charge in [0.25, 0.3) is 0 Å². The minimum Gasteiger partial charge on any atom is -0.306 e. The Bertz CT molecular complexity index is 240. The first-order chi connectivity index (χ1) is 6.06. The lowest BCUT2D eigenvalue weighted by atomic mass is 10.1. The zero-order chi connectivity index (χ0) is 9.90. The molecule has 0 spiro atoms. The topological polar surface area (TPSA) is 37.4 Å². The molecule has 1 heterocycles. The van der Waals surface area contributed by atoms with Crippen LogP contribution < -0.4 is 0 Å². The fraction of sp³-hybridized carbons (Fsp3) is 1.00. The molecular formula is C9H19NO2S. The maximum absolute atomic E-state index is 11.7. The maximum Gasteiger partial charge on any atom is 0.153 e. The summed E-state index contributed by atoms with van der Waals surface area (Å²) in [6, 6.07) is 0. The van der Waals surface area contributed by atoms with Gasteiger partial charge in [0, 0.05) is 0 Å². The summed E-state index contributed by atoms with van der Waals surface area (Å²) in [6.07, 6.45) is 2.38. The van der Waals surface area contributed by atoms with Crippen LogP contribution >= 0.6 is 0 Å². The molecule has 0 aliphatic carbocycles. The number of rotatable bonds is 3. The van der Waals surface area contributed by atoms with Crippen molar-refractivity contribution in [3.63, 3.8) is 0 Å². The maximum atomic E-state index is 11.7. The zero-order valence-corrected chi connectivity index (χ0v) is 9.31. The molecule has 0 aromatic heterocycles. The fourth-order valence-electron chi connectivity index (χ4n) is 1.80. The summed E-state index contributed by atoms with van der Waals surface area (Å²) < 4.78 is 23.3. The van der Waals surface area contributed by atoms with Crippen LogP contribution in [0.5, 0.6) is 0 Å². The molecule has 4 heteroatoms. The van der Waals surface area contributed by atoms with E-state index in [-0.39, 0.29) is 5.25 Å². The van der Waals surface area contributed by atoms with Crippen molar-refractivity contribution < 1.29 is 8.42 Å². The van der Waals surface area contributed by atoms with Gasteiger partial charge in [-0.2, -0.15) is 0 Å². The molecule has 0 unspecified atom stereocenters. The van der Waals surface area contributed by atoms with E-state index in [1.54, 1.807) is 0 Å². The minimum atomic E-state index is -2.78. The summed E-state index contributed by atoms with van der Waals surface area (Å²) >= 11 is 0. The Morgan fingerprint density at radius 2 is 1.85 bits per heavy atom. The van der Waals surface area contributed by atoms with Crippen molar-refractivity contribution in [3.8, 4) is 0 Å². The third-order valence-electron chi connectivity index (χ3n) is 2.66. The summed E-state index contributed by atoms with van der Waals surface area (Å²) in [5.74, 6) is 0.362. The first-order valence-electron chi connectivity index (χ1n) is 4.96. The molecular weight excluding hydrogens is 186 g/mol. The van der Waals surface area contributed by atoms with E-state index in [2.05, 4.69) is 4.90 Å². The number of nitrogens with zero attached hydrogens (tertiary/aromatic N) is 1. The first-order valence-corrected chi connectivity index (χ1v) is 6.68. The van der Waals surface area contributed by atoms with Crippen LogP contribution in [0, 0.1) is 0 Å². The Morgan fingerprint density at radius 3 is 2.31 bits per heavy atom. The quantitative estimate of drug-likeness (QED) is 0.687. The summed E-state index contributed by atoms with van der Waals surface area (Å²) in [4.78, 5) is 2.19. The normalized spacial score (nSPS) is 22.0. The van der Waals surface area contributed by atoms with Crippen molar-refractivity contribution in [1.82, 2.24) is 4.90 Å². The molecule has 0 bridgehead atoms. The summed E-state index contributed by atoms with van der Waals surface area (Å²) in [7, 11) is -0.739. The number of likely N-dealkylation sites (tertiary alicyclic amines) is 1. The van der Waals surface area contributed by atoms with Gasteiger partial charge in [0.1, 0.15) is 0 Å². The molecule has 1 aliphatic heterocycles. The predicted molar refractivity (Wildman–Crippen MR) is 54.6 cm³/mol. The second kappa shape index (κ2) is 4.42. The van der Waals surface area contributed by atoms with E-state index in [0.717, 1.165) is 32.4 Å². The lowest BCUT2D eigenvalue weighted by Crippen LogP contribution is -2.37. The van der Waals surface area contributed by atoms with Gasteiger partial charge in [0.15, 0.2) is 9.84 Å². The highest BCUT2D eigenvalue weighted by atomic mass is 32.2. The van der Waals surface area contributed by atoms with Crippen LogP contribution in [0.15, 0.2) is 0 Å². The van der Waals surface area contributed by atoms with Gasteiger partial charge in [-0.15, -0.1) is 0 Å². The average Bonchev–Trinajstić information content (AvgIpc) is 2.05. The standard InChI is InChI=1S/C9H19NO2S/c1-3-8-13(11,12)9-4-6-10(2)7-5-9/h9H,3-8H2,1-2H3. The molecule has 1 fully saturated rings. The van der Waals surface area contributed by atoms with Crippen LogP contribution in [0.25, 0.3) is 0 Å². The lowest BCUT2D eigenvalue weighted by molar-refractivity contribution is 0.277. The highest BCUT2D eigenvalue weighted by Crippen LogP contribution is 2.17. The van der Waals surface area contributed by atoms with Gasteiger partial charge in [-0.05, 0) is 39.4 Å². The van der Waals surface area contributed by atoms with Crippen molar-refractivity contribution >= 4 is 9.84 Å². The third kappa shape index (κ3) is 2.95. The van der Waals surface area contributed by atoms with Crippen molar-refractivity contribution in [1.29, 1.82) is 0 Å². The second-order valence-electron chi connectivity index (χ2n) is 3.87. The molecule has 13 heavy (non-hydrogen) atoms. The highest BCUT2D eigenvalue weighted by Gasteiger charge is 2.27. The van der Waals surface area contributed by atoms with Gasteiger partial charge in [0.2, 0.25) is 0 Å². The van der Waals surface area contributed by atoms with Gasteiger partial charge in [-0.25, -0.2) is 8.42 Å². The van der Waals surface area contributed by atoms with E-state index < -0.39 is 9.84 Å². The summed E-state index contributed by atoms with van der Waals surface area (Å²) in [5, 5.41) is -0.0661. The summed E-state index contributed by atoms with van der Waals surface area (Å²) in [5.41, 5.74) is 0. The van der Waals surface area contributed by atoms with Crippen LogP contribution in [0.3, 0.4) is 0 Å². The Hall–Kier alpha value is -0.0900. The van der Waals surface area contributed by atoms with Gasteiger partial charge in [-0.3, -0.25) is 0 Å². The molecule has 1 saturated heterocycles. The largest absolute Gasteiger partial charge is 0.306 e. The number of piperidine rings is 1. The van der Waals surface area contributed by atoms with E-state index in [0.29, 0.717) is 5.75 Å². The molecule has 0 radical (unpaired) electrons. The molecule has 0 atom stereocenters. The molecule has 0 N–H and O–H groups in total. The molecule has 1 rings (SSSR count). The van der Waals surface area contributed by atoms with Crippen LogP contribution in [0.4, 0.5) is 0 Å². The Labute approximate surface area is 81.0 Å². The van der Waals surface area contributed by atoms with Gasteiger partial charge in [-0.1, -0.05) is 6.92 Å². The minimum absolute atomic E-state index is 0.0661. The molecule has 0 amide bonds. The van der Waals surface area contributed by atoms with E-state index in [1.165, 1.54) is 0 Å². The Kier molecular flexibility index (Phi) is 3.74. The van der Waals surface area contributed by atoms with Crippen LogP contribution in [0.1, 0.15) is 26.2 Å². The van der Waals surface area contributed by atoms with Crippen molar-refractivity contribution in [2.24, 2.45) is 0 Å². The summed E-state index contributed by atoms with van der Waals surface area (Å²) in [6.45, 7) is 3.77. The highest BCUT2D eigenvalue weighted by molar-refractivity contribution is 7.92. The van der Waals surface area contributed by atoms with Crippen molar-refractivity contribution in [3.05, 3.63) is 0 Å². The molecule has 0 aromatic carbocycles. The SMILES string of the molecule is CCCS(=O)(=O)C1CCN(C)CC1. The van der Waals surface area contributed by atoms with Crippen LogP contribution in [-0.4, -0.2) is 44.5 Å². The van der Waals surface area contributed by atoms with Crippen LogP contribution in [-0.2, 0) is 9.84 Å². The molecule has 0 saturated carbocycles. The smallest absolute Gasteiger partial charge is 0.153 e. The second-order valence-corrected chi connectivity index (χ2v) is 6.27. The van der Waals surface area contributed by atoms with Crippen LogP contribution in [0.2, 0.25) is 0 Å². The Morgan fingerprint density at radius 1 is 1.31 bits per heavy atom. The van der Waals surface area contributed by atoms with E-state index in [9.17, 15) is 8.42 Å². The molecule has 1 aliphatic rings. The number of hydrogen-bond donors (Lipinski definition) is 0. The molecule has 78 valence electrons. The van der Waals surface area contributed by atoms with Crippen molar-refractivity contribution in [2.75, 3.05) is 25.9 Å². The third-order valence-corrected chi connectivity index (χ3v) is 5.13. The van der Waals surface area contributed by atoms with E-state index >= 15 is 0 Å².